The largest absolute Gasteiger partial charge is 0.393 e. The Balaban J connectivity index is 2.85. The summed E-state index contributed by atoms with van der Waals surface area (Å²) in [5.41, 5.74) is 8.20. The fraction of sp³-hybridized carbons (Fsp3) is 0.385. The Labute approximate surface area is 108 Å². The molecule has 4 heteroatoms. The predicted molar refractivity (Wildman–Crippen MR) is 74.3 cm³/mol. The van der Waals surface area contributed by atoms with Crippen molar-refractivity contribution in [1.29, 1.82) is 0 Å². The molecule has 2 N–H and O–H groups in total. The van der Waals surface area contributed by atoms with Crippen LogP contribution in [0.2, 0.25) is 0 Å². The van der Waals surface area contributed by atoms with Crippen molar-refractivity contribution < 1.29 is 4.79 Å². The summed E-state index contributed by atoms with van der Waals surface area (Å²) in [6.45, 7) is 4.45. The fourth-order valence-electron chi connectivity index (χ4n) is 1.72. The SMILES string of the molecule is Cc1cccc(C)c1C(=O)N(C)CCC(N)=S. The number of rotatable bonds is 4. The quantitative estimate of drug-likeness (QED) is 0.832. The van der Waals surface area contributed by atoms with Gasteiger partial charge >= 0.3 is 0 Å². The number of carbonyl (C=O) groups is 1. The van der Waals surface area contributed by atoms with Gasteiger partial charge in [-0.15, -0.1) is 0 Å². The Morgan fingerprint density at radius 2 is 1.88 bits per heavy atom. The summed E-state index contributed by atoms with van der Waals surface area (Å²) in [6, 6.07) is 5.85. The lowest BCUT2D eigenvalue weighted by atomic mass is 10.0. The Morgan fingerprint density at radius 1 is 1.35 bits per heavy atom. The van der Waals surface area contributed by atoms with Gasteiger partial charge in [0, 0.05) is 25.6 Å². The molecule has 0 aliphatic rings. The Bertz CT molecular complexity index is 423. The molecule has 0 unspecified atom stereocenters. The topological polar surface area (TPSA) is 46.3 Å². The summed E-state index contributed by atoms with van der Waals surface area (Å²) in [5, 5.41) is 0. The van der Waals surface area contributed by atoms with Gasteiger partial charge in [-0.1, -0.05) is 30.4 Å². The molecule has 1 rings (SSSR count). The molecule has 0 spiro atoms. The minimum absolute atomic E-state index is 0.0249. The molecule has 0 aromatic heterocycles. The molecule has 1 aromatic carbocycles. The van der Waals surface area contributed by atoms with E-state index in [1.54, 1.807) is 11.9 Å². The highest BCUT2D eigenvalue weighted by molar-refractivity contribution is 7.80. The third-order valence-corrected chi connectivity index (χ3v) is 2.94. The lowest BCUT2D eigenvalue weighted by molar-refractivity contribution is 0.0797. The molecule has 17 heavy (non-hydrogen) atoms. The number of hydrogen-bond acceptors (Lipinski definition) is 2. The number of hydrogen-bond donors (Lipinski definition) is 1. The maximum atomic E-state index is 12.2. The number of nitrogens with two attached hydrogens (primary N) is 1. The molecule has 92 valence electrons. The van der Waals surface area contributed by atoms with Crippen LogP contribution in [0.15, 0.2) is 18.2 Å². The average molecular weight is 250 g/mol. The van der Waals surface area contributed by atoms with Crippen LogP contribution < -0.4 is 5.73 Å². The van der Waals surface area contributed by atoms with Crippen molar-refractivity contribution in [3.05, 3.63) is 34.9 Å². The number of thiocarbonyl (C=S) groups is 1. The molecule has 1 aromatic rings. The molecule has 0 saturated heterocycles. The molecule has 0 atom stereocenters. The fourth-order valence-corrected chi connectivity index (χ4v) is 1.81. The molecule has 0 radical (unpaired) electrons. The average Bonchev–Trinajstić information content (AvgIpc) is 2.25. The van der Waals surface area contributed by atoms with Gasteiger partial charge in [0.1, 0.15) is 0 Å². The van der Waals surface area contributed by atoms with E-state index in [1.165, 1.54) is 0 Å². The predicted octanol–water partition coefficient (Wildman–Crippen LogP) is 2.05. The van der Waals surface area contributed by atoms with Crippen molar-refractivity contribution in [3.63, 3.8) is 0 Å². The molecule has 0 fully saturated rings. The zero-order valence-electron chi connectivity index (χ0n) is 10.5. The van der Waals surface area contributed by atoms with E-state index >= 15 is 0 Å². The van der Waals surface area contributed by atoms with Crippen molar-refractivity contribution >= 4 is 23.1 Å². The molecule has 0 saturated carbocycles. The van der Waals surface area contributed by atoms with Gasteiger partial charge in [-0.25, -0.2) is 0 Å². The second-order valence-electron chi connectivity index (χ2n) is 4.21. The van der Waals surface area contributed by atoms with E-state index < -0.39 is 0 Å². The van der Waals surface area contributed by atoms with Crippen LogP contribution in [0.3, 0.4) is 0 Å². The normalized spacial score (nSPS) is 10.1. The number of aryl methyl sites for hydroxylation is 2. The summed E-state index contributed by atoms with van der Waals surface area (Å²) in [7, 11) is 1.77. The summed E-state index contributed by atoms with van der Waals surface area (Å²) in [4.78, 5) is 14.3. The van der Waals surface area contributed by atoms with Crippen LogP contribution in [-0.4, -0.2) is 29.4 Å². The zero-order chi connectivity index (χ0) is 13.0. The van der Waals surface area contributed by atoms with Crippen molar-refractivity contribution in [2.45, 2.75) is 20.3 Å². The van der Waals surface area contributed by atoms with Gasteiger partial charge in [-0.05, 0) is 25.0 Å². The molecule has 0 aliphatic carbocycles. The number of carbonyl (C=O) groups excluding carboxylic acids is 1. The lowest BCUT2D eigenvalue weighted by Gasteiger charge is -2.19. The van der Waals surface area contributed by atoms with Crippen molar-refractivity contribution in [3.8, 4) is 0 Å². The van der Waals surface area contributed by atoms with Gasteiger partial charge in [0.25, 0.3) is 5.91 Å². The van der Waals surface area contributed by atoms with Gasteiger partial charge in [0.15, 0.2) is 0 Å². The lowest BCUT2D eigenvalue weighted by Crippen LogP contribution is -2.31. The van der Waals surface area contributed by atoms with Gasteiger partial charge in [-0.2, -0.15) is 0 Å². The van der Waals surface area contributed by atoms with Crippen LogP contribution in [0.4, 0.5) is 0 Å². The van der Waals surface area contributed by atoms with E-state index in [2.05, 4.69) is 0 Å². The Kier molecular flexibility index (Phi) is 4.63. The van der Waals surface area contributed by atoms with E-state index in [1.807, 2.05) is 32.0 Å². The number of benzene rings is 1. The molecular weight excluding hydrogens is 232 g/mol. The number of nitrogens with zero attached hydrogens (tertiary/aromatic N) is 1. The van der Waals surface area contributed by atoms with E-state index in [-0.39, 0.29) is 5.91 Å². The third-order valence-electron chi connectivity index (χ3n) is 2.74. The smallest absolute Gasteiger partial charge is 0.254 e. The second-order valence-corrected chi connectivity index (χ2v) is 4.73. The van der Waals surface area contributed by atoms with Crippen molar-refractivity contribution in [2.75, 3.05) is 13.6 Å². The second kappa shape index (κ2) is 5.77. The Hall–Kier alpha value is -1.42. The highest BCUT2D eigenvalue weighted by atomic mass is 32.1. The van der Waals surface area contributed by atoms with E-state index in [9.17, 15) is 4.79 Å². The van der Waals surface area contributed by atoms with Crippen LogP contribution in [0.1, 0.15) is 27.9 Å². The standard InChI is InChI=1S/C13H18N2OS/c1-9-5-4-6-10(2)12(9)13(16)15(3)8-7-11(14)17/h4-6H,7-8H2,1-3H3,(H2,14,17). The minimum Gasteiger partial charge on any atom is -0.393 e. The van der Waals surface area contributed by atoms with Gasteiger partial charge < -0.3 is 10.6 Å². The highest BCUT2D eigenvalue weighted by Gasteiger charge is 2.15. The van der Waals surface area contributed by atoms with Crippen LogP contribution in [0.5, 0.6) is 0 Å². The zero-order valence-corrected chi connectivity index (χ0v) is 11.3. The minimum atomic E-state index is 0.0249. The van der Waals surface area contributed by atoms with Crippen LogP contribution >= 0.6 is 12.2 Å². The van der Waals surface area contributed by atoms with Gasteiger partial charge in [0.05, 0.1) is 4.99 Å². The van der Waals surface area contributed by atoms with Gasteiger partial charge in [-0.3, -0.25) is 4.79 Å². The summed E-state index contributed by atoms with van der Waals surface area (Å²) in [5.74, 6) is 0.0249. The van der Waals surface area contributed by atoms with Crippen molar-refractivity contribution in [1.82, 2.24) is 4.90 Å². The molecule has 1 amide bonds. The maximum Gasteiger partial charge on any atom is 0.254 e. The monoisotopic (exact) mass is 250 g/mol. The third kappa shape index (κ3) is 3.53. The summed E-state index contributed by atoms with van der Waals surface area (Å²) < 4.78 is 0. The maximum absolute atomic E-state index is 12.2. The van der Waals surface area contributed by atoms with Crippen LogP contribution in [-0.2, 0) is 0 Å². The first-order valence-corrected chi connectivity index (χ1v) is 5.94. The first-order chi connectivity index (χ1) is 7.93. The first-order valence-electron chi connectivity index (χ1n) is 5.53. The molecular formula is C13H18N2OS. The van der Waals surface area contributed by atoms with Gasteiger partial charge in [0.2, 0.25) is 0 Å². The summed E-state index contributed by atoms with van der Waals surface area (Å²) in [6.07, 6.45) is 0.558. The van der Waals surface area contributed by atoms with E-state index in [4.69, 9.17) is 18.0 Å². The molecule has 3 nitrogen and oxygen atoms in total. The van der Waals surface area contributed by atoms with Crippen molar-refractivity contribution in [2.24, 2.45) is 5.73 Å². The highest BCUT2D eigenvalue weighted by Crippen LogP contribution is 2.15. The summed E-state index contributed by atoms with van der Waals surface area (Å²) >= 11 is 4.81. The first kappa shape index (κ1) is 13.6. The Morgan fingerprint density at radius 3 is 2.35 bits per heavy atom. The number of amides is 1. The molecule has 0 bridgehead atoms. The van der Waals surface area contributed by atoms with Crippen LogP contribution in [0.25, 0.3) is 0 Å². The molecule has 0 aliphatic heterocycles. The van der Waals surface area contributed by atoms with E-state index in [0.29, 0.717) is 18.0 Å². The van der Waals surface area contributed by atoms with E-state index in [0.717, 1.165) is 16.7 Å². The molecule has 0 heterocycles. The van der Waals surface area contributed by atoms with Crippen LogP contribution in [0, 0.1) is 13.8 Å².